The lowest BCUT2D eigenvalue weighted by atomic mass is 10.3. The first kappa shape index (κ1) is 11.5. The molecule has 0 fully saturated rings. The quantitative estimate of drug-likeness (QED) is 0.710. The predicted octanol–water partition coefficient (Wildman–Crippen LogP) is 3.80. The highest BCUT2D eigenvalue weighted by Crippen LogP contribution is 2.23. The van der Waals surface area contributed by atoms with E-state index in [1.54, 1.807) is 12.1 Å². The minimum absolute atomic E-state index is 0.0324. The molecule has 19 heavy (non-hydrogen) atoms. The van der Waals surface area contributed by atoms with Gasteiger partial charge in [-0.05, 0) is 24.3 Å². The predicted molar refractivity (Wildman–Crippen MR) is 70.0 cm³/mol. The number of nitrogens with zero attached hydrogens (tertiary/aromatic N) is 2. The van der Waals surface area contributed by atoms with Crippen LogP contribution in [-0.2, 0) is 0 Å². The second kappa shape index (κ2) is 4.94. The molecule has 3 rings (SSSR count). The number of hydrogen-bond acceptors (Lipinski definition) is 2. The molecular formula is C15H11FN2O. The number of halogens is 1. The molecule has 1 aromatic heterocycles. The van der Waals surface area contributed by atoms with Crippen molar-refractivity contribution in [3.8, 4) is 17.3 Å². The molecule has 0 saturated carbocycles. The molecule has 0 radical (unpaired) electrons. The molecule has 0 aliphatic rings. The molecule has 1 heterocycles. The maximum atomic E-state index is 13.8. The molecule has 0 aliphatic carbocycles. The number of para-hydroxylation sites is 2. The van der Waals surface area contributed by atoms with E-state index in [-0.39, 0.29) is 5.88 Å². The SMILES string of the molecule is Fc1cn(-c2ccccc2)nc1Oc1ccccc1. The van der Waals surface area contributed by atoms with E-state index in [2.05, 4.69) is 5.10 Å². The fraction of sp³-hybridized carbons (Fsp3) is 0. The van der Waals surface area contributed by atoms with Gasteiger partial charge < -0.3 is 4.74 Å². The van der Waals surface area contributed by atoms with Crippen LogP contribution in [0, 0.1) is 5.82 Å². The normalized spacial score (nSPS) is 10.4. The summed E-state index contributed by atoms with van der Waals surface area (Å²) in [4.78, 5) is 0. The summed E-state index contributed by atoms with van der Waals surface area (Å²) in [6.45, 7) is 0. The van der Waals surface area contributed by atoms with Crippen LogP contribution in [-0.4, -0.2) is 9.78 Å². The molecule has 0 aliphatic heterocycles. The van der Waals surface area contributed by atoms with Crippen molar-refractivity contribution in [2.24, 2.45) is 0 Å². The molecular weight excluding hydrogens is 243 g/mol. The highest BCUT2D eigenvalue weighted by Gasteiger charge is 2.11. The standard InChI is InChI=1S/C15H11FN2O/c16-14-11-18(12-7-3-1-4-8-12)17-15(14)19-13-9-5-2-6-10-13/h1-11H. The fourth-order valence-corrected chi connectivity index (χ4v) is 1.72. The Labute approximate surface area is 109 Å². The van der Waals surface area contributed by atoms with Gasteiger partial charge in [0.05, 0.1) is 11.9 Å². The Kier molecular flexibility index (Phi) is 2.98. The highest BCUT2D eigenvalue weighted by atomic mass is 19.1. The topological polar surface area (TPSA) is 27.1 Å². The van der Waals surface area contributed by atoms with Gasteiger partial charge in [0, 0.05) is 0 Å². The van der Waals surface area contributed by atoms with Crippen LogP contribution in [0.15, 0.2) is 66.9 Å². The van der Waals surface area contributed by atoms with Crippen molar-refractivity contribution in [1.29, 1.82) is 0 Å². The average Bonchev–Trinajstić information content (AvgIpc) is 2.82. The summed E-state index contributed by atoms with van der Waals surface area (Å²) in [5.74, 6) is 0.0301. The minimum atomic E-state index is -0.493. The van der Waals surface area contributed by atoms with E-state index in [1.165, 1.54) is 10.9 Å². The van der Waals surface area contributed by atoms with Crippen LogP contribution in [0.4, 0.5) is 4.39 Å². The van der Waals surface area contributed by atoms with Crippen LogP contribution in [0.25, 0.3) is 5.69 Å². The maximum absolute atomic E-state index is 13.8. The highest BCUT2D eigenvalue weighted by molar-refractivity contribution is 5.33. The lowest BCUT2D eigenvalue weighted by Gasteiger charge is -2.01. The summed E-state index contributed by atoms with van der Waals surface area (Å²) >= 11 is 0. The van der Waals surface area contributed by atoms with Gasteiger partial charge >= 0.3 is 0 Å². The number of ether oxygens (including phenoxy) is 1. The Morgan fingerprint density at radius 1 is 0.895 bits per heavy atom. The molecule has 0 N–H and O–H groups in total. The van der Waals surface area contributed by atoms with Crippen molar-refractivity contribution >= 4 is 0 Å². The van der Waals surface area contributed by atoms with Crippen LogP contribution >= 0.6 is 0 Å². The Morgan fingerprint density at radius 2 is 1.53 bits per heavy atom. The van der Waals surface area contributed by atoms with E-state index in [4.69, 9.17) is 4.74 Å². The third kappa shape index (κ3) is 2.47. The van der Waals surface area contributed by atoms with E-state index in [1.807, 2.05) is 48.5 Å². The van der Waals surface area contributed by atoms with Crippen LogP contribution < -0.4 is 4.74 Å². The summed E-state index contributed by atoms with van der Waals surface area (Å²) in [5.41, 5.74) is 0.782. The molecule has 94 valence electrons. The van der Waals surface area contributed by atoms with E-state index in [9.17, 15) is 4.39 Å². The van der Waals surface area contributed by atoms with Crippen molar-refractivity contribution in [1.82, 2.24) is 9.78 Å². The van der Waals surface area contributed by atoms with Gasteiger partial charge in [-0.1, -0.05) is 36.4 Å². The third-order valence-electron chi connectivity index (χ3n) is 2.62. The van der Waals surface area contributed by atoms with Gasteiger partial charge in [0.1, 0.15) is 5.75 Å². The first-order chi connectivity index (χ1) is 9.33. The van der Waals surface area contributed by atoms with E-state index >= 15 is 0 Å². The molecule has 0 atom stereocenters. The lowest BCUT2D eigenvalue weighted by molar-refractivity contribution is 0.426. The zero-order chi connectivity index (χ0) is 13.1. The monoisotopic (exact) mass is 254 g/mol. The Hall–Kier alpha value is -2.62. The van der Waals surface area contributed by atoms with Gasteiger partial charge in [0.25, 0.3) is 5.88 Å². The Bertz CT molecular complexity index is 665. The van der Waals surface area contributed by atoms with Gasteiger partial charge in [0.15, 0.2) is 0 Å². The molecule has 0 spiro atoms. The first-order valence-corrected chi connectivity index (χ1v) is 5.86. The second-order valence-electron chi connectivity index (χ2n) is 3.98. The zero-order valence-electron chi connectivity index (χ0n) is 10.0. The van der Waals surface area contributed by atoms with Gasteiger partial charge in [-0.25, -0.2) is 4.68 Å². The minimum Gasteiger partial charge on any atom is -0.435 e. The number of hydrogen-bond donors (Lipinski definition) is 0. The molecule has 0 amide bonds. The molecule has 0 saturated heterocycles. The van der Waals surface area contributed by atoms with Gasteiger partial charge in [-0.15, -0.1) is 5.10 Å². The Morgan fingerprint density at radius 3 is 2.21 bits per heavy atom. The smallest absolute Gasteiger partial charge is 0.275 e. The van der Waals surface area contributed by atoms with Crippen molar-refractivity contribution in [3.05, 3.63) is 72.7 Å². The van der Waals surface area contributed by atoms with Gasteiger partial charge in [-0.2, -0.15) is 4.39 Å². The van der Waals surface area contributed by atoms with Crippen LogP contribution in [0.2, 0.25) is 0 Å². The summed E-state index contributed by atoms with van der Waals surface area (Å²) in [5, 5.41) is 4.09. The third-order valence-corrected chi connectivity index (χ3v) is 2.62. The second-order valence-corrected chi connectivity index (χ2v) is 3.98. The van der Waals surface area contributed by atoms with Crippen molar-refractivity contribution in [3.63, 3.8) is 0 Å². The van der Waals surface area contributed by atoms with Gasteiger partial charge in [-0.3, -0.25) is 0 Å². The van der Waals surface area contributed by atoms with E-state index in [0.717, 1.165) is 5.69 Å². The summed E-state index contributed by atoms with van der Waals surface area (Å²) in [6.07, 6.45) is 1.30. The van der Waals surface area contributed by atoms with Crippen LogP contribution in [0.1, 0.15) is 0 Å². The number of aromatic nitrogens is 2. The van der Waals surface area contributed by atoms with Crippen molar-refractivity contribution in [2.45, 2.75) is 0 Å². The zero-order valence-corrected chi connectivity index (χ0v) is 10.0. The van der Waals surface area contributed by atoms with Crippen LogP contribution in [0.3, 0.4) is 0 Å². The largest absolute Gasteiger partial charge is 0.435 e. The molecule has 2 aromatic carbocycles. The first-order valence-electron chi connectivity index (χ1n) is 5.86. The van der Waals surface area contributed by atoms with Crippen molar-refractivity contribution in [2.75, 3.05) is 0 Å². The van der Waals surface area contributed by atoms with Crippen molar-refractivity contribution < 1.29 is 9.13 Å². The van der Waals surface area contributed by atoms with Gasteiger partial charge in [0.2, 0.25) is 5.82 Å². The number of benzene rings is 2. The summed E-state index contributed by atoms with van der Waals surface area (Å²) in [6, 6.07) is 18.3. The molecule has 0 unspecified atom stereocenters. The maximum Gasteiger partial charge on any atom is 0.275 e. The average molecular weight is 254 g/mol. The summed E-state index contributed by atoms with van der Waals surface area (Å²) in [7, 11) is 0. The molecule has 4 heteroatoms. The molecule has 0 bridgehead atoms. The lowest BCUT2D eigenvalue weighted by Crippen LogP contribution is -1.94. The van der Waals surface area contributed by atoms with Crippen LogP contribution in [0.5, 0.6) is 11.6 Å². The molecule has 3 aromatic rings. The Balaban J connectivity index is 1.90. The number of rotatable bonds is 3. The van der Waals surface area contributed by atoms with E-state index in [0.29, 0.717) is 5.75 Å². The summed E-state index contributed by atoms with van der Waals surface area (Å²) < 4.78 is 20.6. The molecule has 3 nitrogen and oxygen atoms in total. The fourth-order valence-electron chi connectivity index (χ4n) is 1.72. The van der Waals surface area contributed by atoms with E-state index < -0.39 is 5.82 Å².